The molecule has 0 spiro atoms. The molecule has 0 saturated carbocycles. The number of rotatable bonds is 4. The van der Waals surface area contributed by atoms with Gasteiger partial charge in [-0.05, 0) is 37.0 Å². The SMILES string of the molecule is CC(CC(C)(N)C(=O)O)c1ccc(C(F)(F)F)c(C(F)(F)F)c1. The maximum atomic E-state index is 12.9. The van der Waals surface area contributed by atoms with Crippen molar-refractivity contribution in [3.8, 4) is 0 Å². The van der Waals surface area contributed by atoms with Crippen molar-refractivity contribution in [3.63, 3.8) is 0 Å². The molecule has 3 N–H and O–H groups in total. The van der Waals surface area contributed by atoms with E-state index in [1.165, 1.54) is 13.8 Å². The lowest BCUT2D eigenvalue weighted by atomic mass is 9.85. The van der Waals surface area contributed by atoms with Crippen LogP contribution >= 0.6 is 0 Å². The van der Waals surface area contributed by atoms with Crippen molar-refractivity contribution in [2.45, 2.75) is 44.1 Å². The smallest absolute Gasteiger partial charge is 0.417 e. The molecule has 0 saturated heterocycles. The topological polar surface area (TPSA) is 63.3 Å². The molecule has 23 heavy (non-hydrogen) atoms. The van der Waals surface area contributed by atoms with E-state index >= 15 is 0 Å². The second-order valence-electron chi connectivity index (χ2n) is 5.63. The summed E-state index contributed by atoms with van der Waals surface area (Å²) < 4.78 is 76.7. The summed E-state index contributed by atoms with van der Waals surface area (Å²) in [6, 6.07) is 1.65. The minimum Gasteiger partial charge on any atom is -0.480 e. The Morgan fingerprint density at radius 3 is 2.00 bits per heavy atom. The lowest BCUT2D eigenvalue weighted by Crippen LogP contribution is -2.45. The van der Waals surface area contributed by atoms with Gasteiger partial charge in [-0.2, -0.15) is 26.3 Å². The van der Waals surface area contributed by atoms with Crippen LogP contribution in [0.4, 0.5) is 26.3 Å². The quantitative estimate of drug-likeness (QED) is 0.812. The van der Waals surface area contributed by atoms with Crippen LogP contribution in [-0.2, 0) is 17.1 Å². The molecule has 1 aromatic carbocycles. The van der Waals surface area contributed by atoms with E-state index in [1.54, 1.807) is 0 Å². The van der Waals surface area contributed by atoms with Crippen LogP contribution in [0.3, 0.4) is 0 Å². The number of benzene rings is 1. The van der Waals surface area contributed by atoms with Gasteiger partial charge in [-0.15, -0.1) is 0 Å². The first kappa shape index (κ1) is 19.3. The van der Waals surface area contributed by atoms with Crippen molar-refractivity contribution in [2.24, 2.45) is 5.73 Å². The molecular weight excluding hydrogens is 328 g/mol. The van der Waals surface area contributed by atoms with Gasteiger partial charge in [-0.3, -0.25) is 4.79 Å². The molecule has 1 rings (SSSR count). The number of alkyl halides is 6. The molecule has 0 bridgehead atoms. The Labute approximate surface area is 128 Å². The lowest BCUT2D eigenvalue weighted by Gasteiger charge is -2.25. The van der Waals surface area contributed by atoms with Crippen molar-refractivity contribution >= 4 is 5.97 Å². The van der Waals surface area contributed by atoms with E-state index in [0.29, 0.717) is 12.1 Å². The van der Waals surface area contributed by atoms with Gasteiger partial charge >= 0.3 is 18.3 Å². The standard InChI is InChI=1S/C14H15F6NO2/c1-7(6-12(2,21)11(22)23)8-3-4-9(13(15,16)17)10(5-8)14(18,19)20/h3-5,7H,6,21H2,1-2H3,(H,22,23). The fourth-order valence-corrected chi connectivity index (χ4v) is 2.19. The zero-order chi connectivity index (χ0) is 18.2. The van der Waals surface area contributed by atoms with Crippen LogP contribution in [0.1, 0.15) is 42.9 Å². The maximum Gasteiger partial charge on any atom is 0.417 e. The van der Waals surface area contributed by atoms with Crippen LogP contribution in [0, 0.1) is 0 Å². The molecule has 2 atom stereocenters. The van der Waals surface area contributed by atoms with Crippen molar-refractivity contribution in [2.75, 3.05) is 0 Å². The number of halogens is 6. The second kappa shape index (κ2) is 6.03. The van der Waals surface area contributed by atoms with Crippen LogP contribution in [0.2, 0.25) is 0 Å². The van der Waals surface area contributed by atoms with E-state index in [1.807, 2.05) is 0 Å². The average Bonchev–Trinajstić information content (AvgIpc) is 2.35. The van der Waals surface area contributed by atoms with Gasteiger partial charge in [-0.1, -0.05) is 13.0 Å². The van der Waals surface area contributed by atoms with Crippen LogP contribution in [0.5, 0.6) is 0 Å². The molecule has 0 amide bonds. The summed E-state index contributed by atoms with van der Waals surface area (Å²) in [5.74, 6) is -2.13. The fraction of sp³-hybridized carbons (Fsp3) is 0.500. The summed E-state index contributed by atoms with van der Waals surface area (Å²) in [7, 11) is 0. The Morgan fingerprint density at radius 2 is 1.61 bits per heavy atom. The Hall–Kier alpha value is -1.77. The number of carboxylic acid groups (broad SMARTS) is 1. The molecule has 3 nitrogen and oxygen atoms in total. The molecule has 0 aliphatic rings. The van der Waals surface area contributed by atoms with E-state index in [0.717, 1.165) is 6.07 Å². The monoisotopic (exact) mass is 343 g/mol. The van der Waals surface area contributed by atoms with Gasteiger partial charge in [0.1, 0.15) is 5.54 Å². The second-order valence-corrected chi connectivity index (χ2v) is 5.63. The van der Waals surface area contributed by atoms with E-state index in [-0.39, 0.29) is 12.0 Å². The molecule has 0 aromatic heterocycles. The predicted molar refractivity (Wildman–Crippen MR) is 69.7 cm³/mol. The van der Waals surface area contributed by atoms with Crippen LogP contribution in [0.15, 0.2) is 18.2 Å². The average molecular weight is 343 g/mol. The number of nitrogens with two attached hydrogens (primary N) is 1. The zero-order valence-electron chi connectivity index (χ0n) is 12.2. The van der Waals surface area contributed by atoms with Gasteiger partial charge < -0.3 is 10.8 Å². The van der Waals surface area contributed by atoms with Gasteiger partial charge in [0.2, 0.25) is 0 Å². The first-order valence-electron chi connectivity index (χ1n) is 6.47. The van der Waals surface area contributed by atoms with E-state index in [4.69, 9.17) is 10.8 Å². The fourth-order valence-electron chi connectivity index (χ4n) is 2.19. The third-order valence-corrected chi connectivity index (χ3v) is 3.44. The Kier molecular flexibility index (Phi) is 5.05. The highest BCUT2D eigenvalue weighted by Gasteiger charge is 2.43. The number of hydrogen-bond donors (Lipinski definition) is 2. The highest BCUT2D eigenvalue weighted by atomic mass is 19.4. The number of carbonyl (C=O) groups is 1. The molecule has 0 radical (unpaired) electrons. The summed E-state index contributed by atoms with van der Waals surface area (Å²) in [5.41, 5.74) is 0.160. The Bertz CT molecular complexity index is 592. The predicted octanol–water partition coefficient (Wildman–Crippen LogP) is 4.02. The molecule has 9 heteroatoms. The zero-order valence-corrected chi connectivity index (χ0v) is 12.2. The van der Waals surface area contributed by atoms with Gasteiger partial charge in [-0.25, -0.2) is 0 Å². The molecule has 1 aromatic rings. The summed E-state index contributed by atoms with van der Waals surface area (Å²) in [6.45, 7) is 2.58. The van der Waals surface area contributed by atoms with Crippen molar-refractivity contribution in [3.05, 3.63) is 34.9 Å². The van der Waals surface area contributed by atoms with Gasteiger partial charge in [0.05, 0.1) is 11.1 Å². The molecule has 2 unspecified atom stereocenters. The first-order valence-corrected chi connectivity index (χ1v) is 6.47. The largest absolute Gasteiger partial charge is 0.480 e. The normalized spacial score (nSPS) is 16.7. The van der Waals surface area contributed by atoms with Crippen LogP contribution < -0.4 is 5.73 Å². The lowest BCUT2D eigenvalue weighted by molar-refractivity contribution is -0.162. The molecule has 130 valence electrons. The van der Waals surface area contributed by atoms with Gasteiger partial charge in [0, 0.05) is 0 Å². The van der Waals surface area contributed by atoms with Crippen LogP contribution in [-0.4, -0.2) is 16.6 Å². The number of hydrogen-bond acceptors (Lipinski definition) is 2. The molecular formula is C14H15F6NO2. The van der Waals surface area contributed by atoms with Crippen molar-refractivity contribution in [1.29, 1.82) is 0 Å². The van der Waals surface area contributed by atoms with Gasteiger partial charge in [0.25, 0.3) is 0 Å². The molecule has 0 fully saturated rings. The van der Waals surface area contributed by atoms with Gasteiger partial charge in [0.15, 0.2) is 0 Å². The summed E-state index contributed by atoms with van der Waals surface area (Å²) in [5, 5.41) is 8.92. The highest BCUT2D eigenvalue weighted by Crippen LogP contribution is 2.41. The maximum absolute atomic E-state index is 12.9. The number of aliphatic carboxylic acids is 1. The Balaban J connectivity index is 3.28. The summed E-state index contributed by atoms with van der Waals surface area (Å²) >= 11 is 0. The molecule has 0 aliphatic carbocycles. The van der Waals surface area contributed by atoms with E-state index in [2.05, 4.69) is 0 Å². The molecule has 0 aliphatic heterocycles. The third-order valence-electron chi connectivity index (χ3n) is 3.44. The Morgan fingerprint density at radius 1 is 1.13 bits per heavy atom. The van der Waals surface area contributed by atoms with E-state index in [9.17, 15) is 31.1 Å². The summed E-state index contributed by atoms with van der Waals surface area (Å²) in [6.07, 6.45) is -10.6. The van der Waals surface area contributed by atoms with Crippen molar-refractivity contribution in [1.82, 2.24) is 0 Å². The highest BCUT2D eigenvalue weighted by molar-refractivity contribution is 5.77. The van der Waals surface area contributed by atoms with Crippen molar-refractivity contribution < 1.29 is 36.2 Å². The minimum absolute atomic E-state index is 0.0664. The summed E-state index contributed by atoms with van der Waals surface area (Å²) in [4.78, 5) is 10.9. The van der Waals surface area contributed by atoms with E-state index < -0.39 is 40.9 Å². The first-order chi connectivity index (χ1) is 10.2. The third kappa shape index (κ3) is 4.60. The number of carboxylic acids is 1. The molecule has 0 heterocycles. The minimum atomic E-state index is -5.18. The van der Waals surface area contributed by atoms with Crippen LogP contribution in [0.25, 0.3) is 0 Å².